The summed E-state index contributed by atoms with van der Waals surface area (Å²) in [7, 11) is 0. The van der Waals surface area contributed by atoms with E-state index in [2.05, 4.69) is 15.6 Å². The number of ether oxygens (including phenoxy) is 1. The fraction of sp³-hybridized carbons (Fsp3) is 0.421. The van der Waals surface area contributed by atoms with Crippen molar-refractivity contribution in [1.82, 2.24) is 10.6 Å². The third-order valence-electron chi connectivity index (χ3n) is 3.71. The van der Waals surface area contributed by atoms with Gasteiger partial charge in [-0.25, -0.2) is 9.38 Å². The van der Waals surface area contributed by atoms with Gasteiger partial charge in [-0.1, -0.05) is 6.07 Å². The molecule has 0 aliphatic carbocycles. The lowest BCUT2D eigenvalue weighted by molar-refractivity contribution is 0.0386. The third kappa shape index (κ3) is 7.02. The summed E-state index contributed by atoms with van der Waals surface area (Å²) in [4.78, 5) is 4.43. The second-order valence-electron chi connectivity index (χ2n) is 6.00. The molecule has 1 aromatic heterocycles. The van der Waals surface area contributed by atoms with Crippen molar-refractivity contribution in [2.24, 2.45) is 4.99 Å². The summed E-state index contributed by atoms with van der Waals surface area (Å²) < 4.78 is 24.4. The van der Waals surface area contributed by atoms with Gasteiger partial charge < -0.3 is 24.9 Å². The molecule has 0 aliphatic rings. The van der Waals surface area contributed by atoms with Crippen LogP contribution in [0.25, 0.3) is 0 Å². The topological polar surface area (TPSA) is 79.0 Å². The molecule has 3 N–H and O–H groups in total. The first-order valence-corrected chi connectivity index (χ1v) is 8.66. The summed E-state index contributed by atoms with van der Waals surface area (Å²) in [5.41, 5.74) is -0.453. The van der Waals surface area contributed by atoms with E-state index in [4.69, 9.17) is 9.15 Å². The molecule has 27 heavy (non-hydrogen) atoms. The zero-order chi connectivity index (χ0) is 19.0. The molecular formula is C19H27FIN3O3. The maximum atomic E-state index is 13.9. The number of halogens is 2. The molecule has 0 aliphatic heterocycles. The van der Waals surface area contributed by atoms with Crippen LogP contribution in [0.1, 0.15) is 32.1 Å². The molecule has 6 nitrogen and oxygen atoms in total. The van der Waals surface area contributed by atoms with Crippen molar-refractivity contribution >= 4 is 29.9 Å². The van der Waals surface area contributed by atoms with Crippen LogP contribution >= 0.6 is 24.0 Å². The first-order valence-electron chi connectivity index (χ1n) is 8.66. The van der Waals surface area contributed by atoms with E-state index < -0.39 is 11.4 Å². The number of benzene rings is 1. The van der Waals surface area contributed by atoms with Crippen LogP contribution in [0.3, 0.4) is 0 Å². The summed E-state index contributed by atoms with van der Waals surface area (Å²) in [6, 6.07) is 8.24. The van der Waals surface area contributed by atoms with E-state index in [9.17, 15) is 9.50 Å². The van der Waals surface area contributed by atoms with Gasteiger partial charge in [-0.15, -0.1) is 24.0 Å². The Kier molecular flexibility index (Phi) is 9.57. The van der Waals surface area contributed by atoms with Crippen molar-refractivity contribution in [2.45, 2.75) is 32.9 Å². The molecule has 0 fully saturated rings. The maximum Gasteiger partial charge on any atom is 0.191 e. The quantitative estimate of drug-likeness (QED) is 0.300. The molecule has 1 unspecified atom stereocenters. The smallest absolute Gasteiger partial charge is 0.191 e. The number of nitrogens with zero attached hydrogens (tertiary/aromatic N) is 1. The van der Waals surface area contributed by atoms with E-state index in [-0.39, 0.29) is 36.3 Å². The number of aliphatic hydroxyl groups is 1. The van der Waals surface area contributed by atoms with Crippen molar-refractivity contribution < 1.29 is 18.7 Å². The number of rotatable bonds is 8. The first-order chi connectivity index (χ1) is 12.5. The second kappa shape index (κ2) is 11.1. The number of aliphatic imine (C=N–C) groups is 1. The molecule has 150 valence electrons. The Labute approximate surface area is 176 Å². The van der Waals surface area contributed by atoms with E-state index in [1.807, 2.05) is 13.8 Å². The average molecular weight is 491 g/mol. The molecule has 0 radical (unpaired) electrons. The van der Waals surface area contributed by atoms with Crippen LogP contribution in [0.5, 0.6) is 5.75 Å². The van der Waals surface area contributed by atoms with Gasteiger partial charge in [0.25, 0.3) is 0 Å². The lowest BCUT2D eigenvalue weighted by atomic mass is 10.0. The third-order valence-corrected chi connectivity index (χ3v) is 3.71. The highest BCUT2D eigenvalue weighted by atomic mass is 127. The number of hydrogen-bond donors (Lipinski definition) is 3. The summed E-state index contributed by atoms with van der Waals surface area (Å²) in [6.07, 6.45) is 1.52. The highest BCUT2D eigenvalue weighted by molar-refractivity contribution is 14.0. The fourth-order valence-electron chi connectivity index (χ4n) is 2.36. The molecule has 2 aromatic rings. The minimum absolute atomic E-state index is 0. The largest absolute Gasteiger partial charge is 0.491 e. The van der Waals surface area contributed by atoms with Gasteiger partial charge in [-0.05, 0) is 50.6 Å². The van der Waals surface area contributed by atoms with Crippen molar-refractivity contribution in [3.8, 4) is 5.75 Å². The Balaban J connectivity index is 0.00000364. The number of furan rings is 1. The van der Waals surface area contributed by atoms with Crippen LogP contribution in [0.2, 0.25) is 0 Å². The molecule has 1 heterocycles. The Bertz CT molecular complexity index is 721. The SMILES string of the molecule is CCNC(=NCc1ccc(OCC)c(F)c1)NCC(C)(O)c1ccco1.I. The monoisotopic (exact) mass is 491 g/mol. The second-order valence-corrected chi connectivity index (χ2v) is 6.00. The Hall–Kier alpha value is -1.81. The highest BCUT2D eigenvalue weighted by Gasteiger charge is 2.26. The van der Waals surface area contributed by atoms with E-state index in [1.165, 1.54) is 12.3 Å². The molecule has 0 saturated carbocycles. The summed E-state index contributed by atoms with van der Waals surface area (Å²) in [5, 5.41) is 16.7. The van der Waals surface area contributed by atoms with E-state index >= 15 is 0 Å². The molecule has 8 heteroatoms. The molecule has 0 amide bonds. The first kappa shape index (κ1) is 23.2. The van der Waals surface area contributed by atoms with Crippen LogP contribution < -0.4 is 15.4 Å². The maximum absolute atomic E-state index is 13.9. The van der Waals surface area contributed by atoms with Crippen LogP contribution in [-0.2, 0) is 12.1 Å². The van der Waals surface area contributed by atoms with Gasteiger partial charge in [-0.2, -0.15) is 0 Å². The van der Waals surface area contributed by atoms with Gasteiger partial charge in [0, 0.05) is 6.54 Å². The van der Waals surface area contributed by atoms with Crippen LogP contribution in [-0.4, -0.2) is 30.8 Å². The number of hydrogen-bond acceptors (Lipinski definition) is 4. The molecule has 2 rings (SSSR count). The molecule has 1 aromatic carbocycles. The zero-order valence-electron chi connectivity index (χ0n) is 15.8. The van der Waals surface area contributed by atoms with Gasteiger partial charge >= 0.3 is 0 Å². The van der Waals surface area contributed by atoms with Crippen molar-refractivity contribution in [1.29, 1.82) is 0 Å². The van der Waals surface area contributed by atoms with Crippen LogP contribution in [0, 0.1) is 5.82 Å². The zero-order valence-corrected chi connectivity index (χ0v) is 18.1. The predicted molar refractivity (Wildman–Crippen MR) is 114 cm³/mol. The Morgan fingerprint density at radius 2 is 2.07 bits per heavy atom. The van der Waals surface area contributed by atoms with Gasteiger partial charge in [0.05, 0.1) is 26.0 Å². The lowest BCUT2D eigenvalue weighted by Gasteiger charge is -2.22. The lowest BCUT2D eigenvalue weighted by Crippen LogP contribution is -2.44. The highest BCUT2D eigenvalue weighted by Crippen LogP contribution is 2.20. The molecule has 0 saturated heterocycles. The molecule has 0 spiro atoms. The summed E-state index contributed by atoms with van der Waals surface area (Å²) in [6.45, 7) is 6.99. The fourth-order valence-corrected chi connectivity index (χ4v) is 2.36. The van der Waals surface area contributed by atoms with E-state index in [1.54, 1.807) is 31.2 Å². The van der Waals surface area contributed by atoms with Gasteiger partial charge in [0.15, 0.2) is 17.5 Å². The summed E-state index contributed by atoms with van der Waals surface area (Å²) >= 11 is 0. The van der Waals surface area contributed by atoms with Crippen LogP contribution in [0.15, 0.2) is 46.0 Å². The van der Waals surface area contributed by atoms with E-state index in [0.29, 0.717) is 31.4 Å². The molecule has 0 bridgehead atoms. The van der Waals surface area contributed by atoms with Gasteiger partial charge in [0.2, 0.25) is 0 Å². The van der Waals surface area contributed by atoms with E-state index in [0.717, 1.165) is 5.56 Å². The molecule has 1 atom stereocenters. The average Bonchev–Trinajstić information content (AvgIpc) is 3.15. The van der Waals surface area contributed by atoms with Crippen molar-refractivity contribution in [3.05, 3.63) is 53.7 Å². The van der Waals surface area contributed by atoms with Gasteiger partial charge in [-0.3, -0.25) is 0 Å². The number of nitrogens with one attached hydrogen (secondary N) is 2. The predicted octanol–water partition coefficient (Wildman–Crippen LogP) is 3.40. The van der Waals surface area contributed by atoms with Crippen molar-refractivity contribution in [3.63, 3.8) is 0 Å². The number of guanidine groups is 1. The standard InChI is InChI=1S/C19H26FN3O3.HI/c1-4-21-18(23-13-19(3,24)17-7-6-10-26-17)22-12-14-8-9-16(25-5-2)15(20)11-14;/h6-11,24H,4-5,12-13H2,1-3H3,(H2,21,22,23);1H. The minimum Gasteiger partial charge on any atom is -0.491 e. The van der Waals surface area contributed by atoms with Crippen LogP contribution in [0.4, 0.5) is 4.39 Å². The molecular weight excluding hydrogens is 464 g/mol. The minimum atomic E-state index is -1.18. The normalized spacial score (nSPS) is 13.4. The van der Waals surface area contributed by atoms with Crippen molar-refractivity contribution in [2.75, 3.05) is 19.7 Å². The van der Waals surface area contributed by atoms with Gasteiger partial charge in [0.1, 0.15) is 11.4 Å². The Morgan fingerprint density at radius 1 is 1.30 bits per heavy atom. The summed E-state index contributed by atoms with van der Waals surface area (Å²) in [5.74, 6) is 0.820. The Morgan fingerprint density at radius 3 is 2.67 bits per heavy atom.